The zero-order chi connectivity index (χ0) is 14.6. The fraction of sp³-hybridized carbons (Fsp3) is 0.333. The first-order valence-corrected chi connectivity index (χ1v) is 7.27. The number of aromatic nitrogens is 1. The number of rotatable bonds is 3. The van der Waals surface area contributed by atoms with E-state index in [9.17, 15) is 4.79 Å². The van der Waals surface area contributed by atoms with Crippen molar-refractivity contribution < 1.29 is 9.53 Å². The second-order valence-corrected chi connectivity index (χ2v) is 6.31. The van der Waals surface area contributed by atoms with Crippen LogP contribution in [0.2, 0.25) is 0 Å². The summed E-state index contributed by atoms with van der Waals surface area (Å²) >= 11 is 1.59. The van der Waals surface area contributed by atoms with Gasteiger partial charge < -0.3 is 10.1 Å². The molecule has 0 unspecified atom stereocenters. The average Bonchev–Trinajstić information content (AvgIpc) is 2.88. The molecule has 0 spiro atoms. The zero-order valence-electron chi connectivity index (χ0n) is 11.8. The van der Waals surface area contributed by atoms with Gasteiger partial charge in [-0.2, -0.15) is 0 Å². The summed E-state index contributed by atoms with van der Waals surface area (Å²) in [6.07, 6.45) is 1.44. The lowest BCUT2D eigenvalue weighted by Crippen LogP contribution is -2.32. The summed E-state index contributed by atoms with van der Waals surface area (Å²) in [7, 11) is 0. The van der Waals surface area contributed by atoms with Crippen LogP contribution in [0.4, 0.5) is 4.79 Å². The van der Waals surface area contributed by atoms with Gasteiger partial charge in [-0.15, -0.1) is 11.3 Å². The van der Waals surface area contributed by atoms with Crippen LogP contribution < -0.4 is 5.32 Å². The maximum absolute atomic E-state index is 11.6. The highest BCUT2D eigenvalue weighted by Gasteiger charge is 2.15. The highest BCUT2D eigenvalue weighted by molar-refractivity contribution is 7.13. The van der Waals surface area contributed by atoms with Gasteiger partial charge in [0, 0.05) is 12.7 Å². The van der Waals surface area contributed by atoms with E-state index in [1.807, 2.05) is 51.2 Å². The summed E-state index contributed by atoms with van der Waals surface area (Å²) in [5.41, 5.74) is 3.47. The number of ether oxygens (including phenoxy) is 1. The van der Waals surface area contributed by atoms with E-state index < -0.39 is 11.7 Å². The molecule has 0 aliphatic rings. The van der Waals surface area contributed by atoms with Crippen LogP contribution in [0, 0.1) is 0 Å². The van der Waals surface area contributed by atoms with E-state index in [4.69, 9.17) is 4.74 Å². The predicted molar refractivity (Wildman–Crippen MR) is 80.6 cm³/mol. The number of carbonyl (C=O) groups excluding carboxylic acids is 1. The molecule has 2 rings (SSSR count). The normalized spacial score (nSPS) is 11.2. The third-order valence-corrected chi connectivity index (χ3v) is 3.30. The zero-order valence-corrected chi connectivity index (χ0v) is 12.7. The minimum Gasteiger partial charge on any atom is -0.444 e. The van der Waals surface area contributed by atoms with E-state index in [0.717, 1.165) is 16.0 Å². The van der Waals surface area contributed by atoms with Gasteiger partial charge in [0.1, 0.15) is 5.60 Å². The van der Waals surface area contributed by atoms with Crippen molar-refractivity contribution in [2.75, 3.05) is 0 Å². The Bertz CT molecular complexity index is 574. The van der Waals surface area contributed by atoms with Gasteiger partial charge in [-0.05, 0) is 38.0 Å². The minimum absolute atomic E-state index is 0.402. The Morgan fingerprint density at radius 2 is 2.20 bits per heavy atom. The number of hydrogen-bond donors (Lipinski definition) is 1. The lowest BCUT2D eigenvalue weighted by Gasteiger charge is -2.19. The van der Waals surface area contributed by atoms with Gasteiger partial charge in [0.05, 0.1) is 10.4 Å². The fourth-order valence-corrected chi connectivity index (χ4v) is 2.30. The van der Waals surface area contributed by atoms with E-state index in [1.54, 1.807) is 16.8 Å². The van der Waals surface area contributed by atoms with Crippen molar-refractivity contribution in [1.29, 1.82) is 0 Å². The molecule has 0 aliphatic heterocycles. The molecule has 0 radical (unpaired) electrons. The Hall–Kier alpha value is -1.88. The van der Waals surface area contributed by atoms with Crippen LogP contribution in [0.25, 0.3) is 10.4 Å². The monoisotopic (exact) mass is 290 g/mol. The van der Waals surface area contributed by atoms with Crippen molar-refractivity contribution in [2.24, 2.45) is 0 Å². The number of thiazole rings is 1. The Morgan fingerprint density at radius 1 is 1.40 bits per heavy atom. The van der Waals surface area contributed by atoms with Gasteiger partial charge in [0.15, 0.2) is 0 Å². The number of alkyl carbamates (subject to hydrolysis) is 1. The SMILES string of the molecule is CC(C)(C)OC(=O)NCc1cccc(-c2cncs2)c1. The standard InChI is InChI=1S/C15H18N2O2S/c1-15(2,3)19-14(18)17-8-11-5-4-6-12(7-11)13-9-16-10-20-13/h4-7,9-10H,8H2,1-3H3,(H,17,18). The van der Waals surface area contributed by atoms with Crippen molar-refractivity contribution in [1.82, 2.24) is 10.3 Å². The largest absolute Gasteiger partial charge is 0.444 e. The number of nitrogens with one attached hydrogen (secondary N) is 1. The van der Waals surface area contributed by atoms with Crippen molar-refractivity contribution in [3.63, 3.8) is 0 Å². The molecule has 1 N–H and O–H groups in total. The summed E-state index contributed by atoms with van der Waals surface area (Å²) in [4.78, 5) is 16.8. The molecule has 0 saturated heterocycles. The summed E-state index contributed by atoms with van der Waals surface area (Å²) in [5.74, 6) is 0. The molecule has 0 atom stereocenters. The van der Waals surface area contributed by atoms with Crippen LogP contribution in [0.15, 0.2) is 36.0 Å². The molecule has 4 nitrogen and oxygen atoms in total. The van der Waals surface area contributed by atoms with Crippen molar-refractivity contribution in [3.05, 3.63) is 41.5 Å². The highest BCUT2D eigenvalue weighted by atomic mass is 32.1. The van der Waals surface area contributed by atoms with Crippen LogP contribution in [-0.4, -0.2) is 16.7 Å². The molecule has 0 saturated carbocycles. The molecule has 0 bridgehead atoms. The van der Waals surface area contributed by atoms with Gasteiger partial charge in [0.25, 0.3) is 0 Å². The smallest absolute Gasteiger partial charge is 0.407 e. The summed E-state index contributed by atoms with van der Waals surface area (Å²) in [6, 6.07) is 8.03. The summed E-state index contributed by atoms with van der Waals surface area (Å²) in [6.45, 7) is 5.98. The second-order valence-electron chi connectivity index (χ2n) is 5.42. The molecule has 0 aliphatic carbocycles. The van der Waals surface area contributed by atoms with Crippen molar-refractivity contribution >= 4 is 17.4 Å². The van der Waals surface area contributed by atoms with E-state index in [-0.39, 0.29) is 0 Å². The van der Waals surface area contributed by atoms with Crippen molar-refractivity contribution in [2.45, 2.75) is 32.9 Å². The molecule has 5 heteroatoms. The number of benzene rings is 1. The summed E-state index contributed by atoms with van der Waals surface area (Å²) in [5, 5.41) is 2.75. The maximum Gasteiger partial charge on any atom is 0.407 e. The molecule has 1 aromatic heterocycles. The maximum atomic E-state index is 11.6. The second kappa shape index (κ2) is 6.05. The topological polar surface area (TPSA) is 51.2 Å². The first kappa shape index (κ1) is 14.5. The van der Waals surface area contributed by atoms with Crippen LogP contribution in [0.5, 0.6) is 0 Å². The molecule has 1 amide bonds. The molecule has 0 fully saturated rings. The quantitative estimate of drug-likeness (QED) is 0.934. The molecular formula is C15H18N2O2S. The minimum atomic E-state index is -0.478. The van der Waals surface area contributed by atoms with Crippen molar-refractivity contribution in [3.8, 4) is 10.4 Å². The molecule has 20 heavy (non-hydrogen) atoms. The highest BCUT2D eigenvalue weighted by Crippen LogP contribution is 2.23. The molecule has 1 heterocycles. The Labute approximate surface area is 122 Å². The number of hydrogen-bond acceptors (Lipinski definition) is 4. The van der Waals surface area contributed by atoms with Gasteiger partial charge in [0.2, 0.25) is 0 Å². The van der Waals surface area contributed by atoms with Crippen LogP contribution in [0.3, 0.4) is 0 Å². The lowest BCUT2D eigenvalue weighted by molar-refractivity contribution is 0.0523. The Balaban J connectivity index is 1.97. The first-order chi connectivity index (χ1) is 9.44. The molecule has 2 aromatic rings. The number of nitrogens with zero attached hydrogens (tertiary/aromatic N) is 1. The Morgan fingerprint density at radius 3 is 2.85 bits per heavy atom. The Kier molecular flexibility index (Phi) is 4.39. The fourth-order valence-electron chi connectivity index (χ4n) is 1.68. The van der Waals surface area contributed by atoms with E-state index >= 15 is 0 Å². The van der Waals surface area contributed by atoms with E-state index in [2.05, 4.69) is 10.3 Å². The number of carbonyl (C=O) groups is 1. The third-order valence-electron chi connectivity index (χ3n) is 2.48. The molecule has 106 valence electrons. The predicted octanol–water partition coefficient (Wildman–Crippen LogP) is 3.83. The third kappa shape index (κ3) is 4.35. The van der Waals surface area contributed by atoms with E-state index in [0.29, 0.717) is 6.54 Å². The van der Waals surface area contributed by atoms with E-state index in [1.165, 1.54) is 0 Å². The lowest BCUT2D eigenvalue weighted by atomic mass is 10.1. The summed E-state index contributed by atoms with van der Waals surface area (Å²) < 4.78 is 5.20. The van der Waals surface area contributed by atoms with Crippen LogP contribution in [-0.2, 0) is 11.3 Å². The van der Waals surface area contributed by atoms with Crippen LogP contribution >= 0.6 is 11.3 Å². The van der Waals surface area contributed by atoms with Gasteiger partial charge >= 0.3 is 6.09 Å². The first-order valence-electron chi connectivity index (χ1n) is 6.39. The molecule has 1 aromatic carbocycles. The van der Waals surface area contributed by atoms with Gasteiger partial charge in [-0.3, -0.25) is 4.98 Å². The van der Waals surface area contributed by atoms with Crippen LogP contribution in [0.1, 0.15) is 26.3 Å². The van der Waals surface area contributed by atoms with Gasteiger partial charge in [-0.25, -0.2) is 4.79 Å². The average molecular weight is 290 g/mol. The number of amides is 1. The molecular weight excluding hydrogens is 272 g/mol. The van der Waals surface area contributed by atoms with Gasteiger partial charge in [-0.1, -0.05) is 18.2 Å².